The fourth-order valence-corrected chi connectivity index (χ4v) is 0.940. The summed E-state index contributed by atoms with van der Waals surface area (Å²) in [5.74, 6) is 0. The third-order valence-corrected chi connectivity index (χ3v) is 1.75. The van der Waals surface area contributed by atoms with Crippen LogP contribution in [0.5, 0.6) is 0 Å². The summed E-state index contributed by atoms with van der Waals surface area (Å²) in [5.41, 5.74) is 0. The molecule has 14 heavy (non-hydrogen) atoms. The molecule has 0 heterocycles. The number of alkyl carbamates (subject to hydrolysis) is 1. The van der Waals surface area contributed by atoms with Crippen molar-refractivity contribution in [1.29, 1.82) is 0 Å². The average Bonchev–Trinajstić information content (AvgIpc) is 2.02. The van der Waals surface area contributed by atoms with Gasteiger partial charge >= 0.3 is 6.09 Å². The minimum Gasteiger partial charge on any atom is -0.450 e. The van der Waals surface area contributed by atoms with Crippen molar-refractivity contribution in [1.82, 2.24) is 5.32 Å². The van der Waals surface area contributed by atoms with Crippen LogP contribution in [0.2, 0.25) is 0 Å². The Morgan fingerprint density at radius 3 is 2.64 bits per heavy atom. The lowest BCUT2D eigenvalue weighted by Crippen LogP contribution is -2.42. The zero-order chi connectivity index (χ0) is 11.2. The Balaban J connectivity index is 4.39. The first-order valence-corrected chi connectivity index (χ1v) is 5.03. The van der Waals surface area contributed by atoms with Crippen LogP contribution in [0, 0.1) is 0 Å². The van der Waals surface area contributed by atoms with Gasteiger partial charge in [0.25, 0.3) is 0 Å². The number of amides is 1. The molecule has 0 aromatic rings. The van der Waals surface area contributed by atoms with Crippen molar-refractivity contribution >= 4 is 58.3 Å². The molecule has 4 nitrogen and oxygen atoms in total. The van der Waals surface area contributed by atoms with Gasteiger partial charge in [0.2, 0.25) is 3.79 Å². The number of halogens is 3. The molecule has 0 aromatic carbocycles. The molecule has 0 bridgehead atoms. The predicted molar refractivity (Wildman–Crippen MR) is 59.3 cm³/mol. The van der Waals surface area contributed by atoms with Crippen molar-refractivity contribution in [3.8, 4) is 0 Å². The highest BCUT2D eigenvalue weighted by molar-refractivity contribution is 7.78. The smallest absolute Gasteiger partial charge is 0.408 e. The molecule has 0 radical (unpaired) electrons. The molecule has 1 atom stereocenters. The van der Waals surface area contributed by atoms with Crippen LogP contribution >= 0.6 is 47.0 Å². The number of carbonyl (C=O) groups is 1. The molecule has 0 saturated carbocycles. The summed E-state index contributed by atoms with van der Waals surface area (Å²) in [6.45, 7) is 1.85. The van der Waals surface area contributed by atoms with Gasteiger partial charge in [-0.1, -0.05) is 34.8 Å². The number of aliphatic imine (C=N–C) groups is 1. The van der Waals surface area contributed by atoms with E-state index in [1.165, 1.54) is 0 Å². The normalized spacial score (nSPS) is 12.6. The van der Waals surface area contributed by atoms with Gasteiger partial charge in [0.15, 0.2) is 6.17 Å². The second-order valence-corrected chi connectivity index (χ2v) is 4.58. The maximum atomic E-state index is 10.9. The Bertz CT molecular complexity index is 250. The Morgan fingerprint density at radius 2 is 2.29 bits per heavy atom. The highest BCUT2D eigenvalue weighted by Gasteiger charge is 2.34. The Morgan fingerprint density at radius 1 is 1.71 bits per heavy atom. The molecule has 0 fully saturated rings. The molecule has 0 rings (SSSR count). The SMILES string of the molecule is CCOC(=O)N[C@@H](N=C=S)C(Cl)(Cl)Cl. The molecule has 0 spiro atoms. The maximum absolute atomic E-state index is 10.9. The van der Waals surface area contributed by atoms with Crippen molar-refractivity contribution in [3.63, 3.8) is 0 Å². The zero-order valence-electron chi connectivity index (χ0n) is 7.09. The molecule has 0 aliphatic carbocycles. The number of isothiocyanates is 1. The van der Waals surface area contributed by atoms with Crippen molar-refractivity contribution in [3.05, 3.63) is 0 Å². The highest BCUT2D eigenvalue weighted by Crippen LogP contribution is 2.30. The van der Waals surface area contributed by atoms with Crippen LogP contribution in [-0.4, -0.2) is 27.8 Å². The van der Waals surface area contributed by atoms with E-state index in [1.54, 1.807) is 6.92 Å². The molecular formula is C6H7Cl3N2O2S. The predicted octanol–water partition coefficient (Wildman–Crippen LogP) is 2.53. The fraction of sp³-hybridized carbons (Fsp3) is 0.667. The van der Waals surface area contributed by atoms with Crippen LogP contribution in [0.1, 0.15) is 6.92 Å². The third kappa shape index (κ3) is 5.62. The molecule has 1 amide bonds. The van der Waals surface area contributed by atoms with Gasteiger partial charge in [-0.25, -0.2) is 9.79 Å². The number of nitrogens with one attached hydrogen (secondary N) is 1. The molecule has 0 aliphatic heterocycles. The molecular weight excluding hydrogens is 271 g/mol. The van der Waals surface area contributed by atoms with Crippen molar-refractivity contribution in [2.75, 3.05) is 6.61 Å². The highest BCUT2D eigenvalue weighted by atomic mass is 35.6. The lowest BCUT2D eigenvalue weighted by atomic mass is 10.6. The lowest BCUT2D eigenvalue weighted by molar-refractivity contribution is 0.148. The lowest BCUT2D eigenvalue weighted by Gasteiger charge is -2.19. The van der Waals surface area contributed by atoms with Crippen molar-refractivity contribution < 1.29 is 9.53 Å². The summed E-state index contributed by atoms with van der Waals surface area (Å²) in [4.78, 5) is 14.4. The quantitative estimate of drug-likeness (QED) is 0.490. The van der Waals surface area contributed by atoms with Gasteiger partial charge in [-0.15, -0.1) is 0 Å². The number of rotatable bonds is 3. The Labute approximate surface area is 102 Å². The van der Waals surface area contributed by atoms with Gasteiger partial charge in [0.05, 0.1) is 11.8 Å². The molecule has 80 valence electrons. The number of thiocarbonyl (C=S) groups is 1. The van der Waals surface area contributed by atoms with Crippen LogP contribution in [0.15, 0.2) is 4.99 Å². The van der Waals surface area contributed by atoms with Crippen molar-refractivity contribution in [2.45, 2.75) is 16.9 Å². The first-order valence-electron chi connectivity index (χ1n) is 3.48. The first kappa shape index (κ1) is 13.9. The zero-order valence-corrected chi connectivity index (χ0v) is 10.2. The van der Waals surface area contributed by atoms with Gasteiger partial charge < -0.3 is 4.74 Å². The molecule has 0 unspecified atom stereocenters. The summed E-state index contributed by atoms with van der Waals surface area (Å²) < 4.78 is 2.77. The van der Waals surface area contributed by atoms with Gasteiger partial charge in [0, 0.05) is 0 Å². The van der Waals surface area contributed by atoms with E-state index in [4.69, 9.17) is 34.8 Å². The maximum Gasteiger partial charge on any atom is 0.408 e. The average molecular weight is 278 g/mol. The van der Waals surface area contributed by atoms with Crippen LogP contribution in [-0.2, 0) is 4.74 Å². The minimum atomic E-state index is -1.79. The number of ether oxygens (including phenoxy) is 1. The summed E-state index contributed by atoms with van der Waals surface area (Å²) in [6, 6.07) is 0. The largest absolute Gasteiger partial charge is 0.450 e. The van der Waals surface area contributed by atoms with E-state index in [-0.39, 0.29) is 6.61 Å². The van der Waals surface area contributed by atoms with Crippen LogP contribution in [0.3, 0.4) is 0 Å². The summed E-state index contributed by atoms with van der Waals surface area (Å²) in [5, 5.41) is 4.21. The molecule has 0 aromatic heterocycles. The second-order valence-electron chi connectivity index (χ2n) is 2.03. The molecule has 8 heteroatoms. The van der Waals surface area contributed by atoms with Crippen LogP contribution in [0.25, 0.3) is 0 Å². The van der Waals surface area contributed by atoms with E-state index < -0.39 is 16.1 Å². The number of hydrogen-bond donors (Lipinski definition) is 1. The molecule has 0 saturated heterocycles. The molecule has 0 aliphatic rings. The number of hydrogen-bond acceptors (Lipinski definition) is 4. The minimum absolute atomic E-state index is 0.208. The van der Waals surface area contributed by atoms with Crippen LogP contribution < -0.4 is 5.32 Å². The number of nitrogens with zero attached hydrogens (tertiary/aromatic N) is 1. The topological polar surface area (TPSA) is 50.7 Å². The number of alkyl halides is 3. The van der Waals surface area contributed by atoms with E-state index in [0.29, 0.717) is 0 Å². The van der Waals surface area contributed by atoms with Gasteiger partial charge in [0.1, 0.15) is 0 Å². The van der Waals surface area contributed by atoms with E-state index in [2.05, 4.69) is 27.3 Å². The Hall–Kier alpha value is -0.0600. The van der Waals surface area contributed by atoms with Crippen LogP contribution in [0.4, 0.5) is 4.79 Å². The summed E-state index contributed by atoms with van der Waals surface area (Å²) >= 11 is 20.8. The van der Waals surface area contributed by atoms with Crippen molar-refractivity contribution in [2.24, 2.45) is 4.99 Å². The summed E-state index contributed by atoms with van der Waals surface area (Å²) in [7, 11) is 0. The van der Waals surface area contributed by atoms with E-state index in [0.717, 1.165) is 0 Å². The summed E-state index contributed by atoms with van der Waals surface area (Å²) in [6.07, 6.45) is -1.85. The van der Waals surface area contributed by atoms with Gasteiger partial charge in [-0.2, -0.15) is 0 Å². The Kier molecular flexibility index (Phi) is 6.40. The van der Waals surface area contributed by atoms with E-state index in [9.17, 15) is 4.79 Å². The fourth-order valence-electron chi connectivity index (χ4n) is 0.524. The second kappa shape index (κ2) is 6.43. The monoisotopic (exact) mass is 276 g/mol. The van der Waals surface area contributed by atoms with Gasteiger partial charge in [-0.3, -0.25) is 5.32 Å². The standard InChI is InChI=1S/C6H7Cl3N2O2S/c1-2-13-5(12)11-4(10-3-14)6(7,8)9/h4H,2H2,1H3,(H,11,12)/t4-/m1/s1. The number of carbonyl (C=O) groups excluding carboxylic acids is 1. The van der Waals surface area contributed by atoms with Gasteiger partial charge in [-0.05, 0) is 19.1 Å². The molecule has 1 N–H and O–H groups in total. The third-order valence-electron chi connectivity index (χ3n) is 1.02. The first-order chi connectivity index (χ1) is 6.41. The van der Waals surface area contributed by atoms with E-state index in [1.807, 2.05) is 5.16 Å². The van der Waals surface area contributed by atoms with E-state index >= 15 is 0 Å².